The van der Waals surface area contributed by atoms with Crippen molar-refractivity contribution in [1.82, 2.24) is 25.0 Å². The number of likely N-dealkylation sites (tertiary alicyclic amines) is 1. The maximum atomic E-state index is 14.6. The molecule has 1 saturated carbocycles. The lowest BCUT2D eigenvalue weighted by Crippen LogP contribution is -2.49. The van der Waals surface area contributed by atoms with Crippen LogP contribution in [0.5, 0.6) is 0 Å². The van der Waals surface area contributed by atoms with Gasteiger partial charge in [-0.1, -0.05) is 31.0 Å². The summed E-state index contributed by atoms with van der Waals surface area (Å²) < 4.78 is 16.9. The smallest absolute Gasteiger partial charge is 0.233 e. The number of carbonyl (C=O) groups is 1. The molecule has 2 aromatic rings. The maximum Gasteiger partial charge on any atom is 0.233 e. The van der Waals surface area contributed by atoms with Crippen LogP contribution in [0.1, 0.15) is 61.7 Å². The first-order valence-electron chi connectivity index (χ1n) is 10.9. The van der Waals surface area contributed by atoms with Crippen LogP contribution in [0.3, 0.4) is 0 Å². The van der Waals surface area contributed by atoms with Crippen LogP contribution in [-0.4, -0.2) is 45.2 Å². The highest BCUT2D eigenvalue weighted by atomic mass is 35.5. The quantitative estimate of drug-likeness (QED) is 0.807. The number of aromatic nitrogens is 3. The number of fused-ring (bicyclic) bond motifs is 1. The number of rotatable bonds is 3. The Morgan fingerprint density at radius 1 is 1.10 bits per heavy atom. The third-order valence-electron chi connectivity index (χ3n) is 7.05. The fraction of sp³-hybridized carbons (Fsp3) is 0.591. The van der Waals surface area contributed by atoms with Crippen molar-refractivity contribution < 1.29 is 9.18 Å². The molecule has 3 heterocycles. The largest absolute Gasteiger partial charge is 0.342 e. The zero-order valence-electron chi connectivity index (χ0n) is 17.1. The Balaban J connectivity index is 0.00000218. The zero-order valence-corrected chi connectivity index (χ0v) is 18.0. The minimum absolute atomic E-state index is 0. The highest BCUT2D eigenvalue weighted by molar-refractivity contribution is 5.89. The third-order valence-corrected chi connectivity index (χ3v) is 7.05. The van der Waals surface area contributed by atoms with Crippen LogP contribution < -0.4 is 5.32 Å². The molecule has 162 valence electrons. The molecule has 0 unspecified atom stereocenters. The summed E-state index contributed by atoms with van der Waals surface area (Å²) in [5, 5.41) is 12.1. The molecule has 1 N–H and O–H groups in total. The maximum absolute atomic E-state index is 14.6. The molecule has 1 aromatic heterocycles. The summed E-state index contributed by atoms with van der Waals surface area (Å²) in [6.07, 6.45) is 5.25. The minimum Gasteiger partial charge on any atom is -0.342 e. The molecule has 1 aromatic carbocycles. The van der Waals surface area contributed by atoms with E-state index in [-0.39, 0.29) is 24.1 Å². The molecule has 0 radical (unpaired) electrons. The van der Waals surface area contributed by atoms with E-state index in [9.17, 15) is 9.18 Å². The molecule has 8 heteroatoms. The second-order valence-electron chi connectivity index (χ2n) is 8.64. The molecule has 2 fully saturated rings. The Hall–Kier alpha value is -1.99. The standard InChI is InChI=1S/C22H28FN5O.ClH/c23-18-6-2-1-5-17(18)22(9-3-4-10-22)21(29)27-12-7-16(8-13-27)20-26-25-19-15-24-11-14-28(19)20;/h1-2,5-6,16,24H,3-4,7-15H2;1H. The van der Waals surface area contributed by atoms with Crippen molar-refractivity contribution in [3.05, 3.63) is 47.3 Å². The molecule has 1 amide bonds. The highest BCUT2D eigenvalue weighted by Crippen LogP contribution is 2.44. The Bertz CT molecular complexity index is 903. The van der Waals surface area contributed by atoms with Gasteiger partial charge in [-0.2, -0.15) is 0 Å². The Kier molecular flexibility index (Phi) is 6.11. The van der Waals surface area contributed by atoms with Gasteiger partial charge in [0.2, 0.25) is 5.91 Å². The van der Waals surface area contributed by atoms with Gasteiger partial charge in [-0.05, 0) is 31.7 Å². The summed E-state index contributed by atoms with van der Waals surface area (Å²) in [4.78, 5) is 15.6. The van der Waals surface area contributed by atoms with Crippen molar-refractivity contribution in [2.24, 2.45) is 0 Å². The van der Waals surface area contributed by atoms with Crippen molar-refractivity contribution >= 4 is 18.3 Å². The van der Waals surface area contributed by atoms with E-state index < -0.39 is 5.41 Å². The lowest BCUT2D eigenvalue weighted by molar-refractivity contribution is -0.138. The second-order valence-corrected chi connectivity index (χ2v) is 8.64. The first-order chi connectivity index (χ1) is 14.2. The Morgan fingerprint density at radius 2 is 1.83 bits per heavy atom. The number of halogens is 2. The fourth-order valence-corrected chi connectivity index (χ4v) is 5.49. The van der Waals surface area contributed by atoms with E-state index in [0.29, 0.717) is 24.6 Å². The zero-order chi connectivity index (χ0) is 19.8. The van der Waals surface area contributed by atoms with E-state index in [1.54, 1.807) is 6.07 Å². The van der Waals surface area contributed by atoms with E-state index in [1.807, 2.05) is 17.0 Å². The first kappa shape index (κ1) is 21.2. The van der Waals surface area contributed by atoms with Crippen LogP contribution >= 0.6 is 12.4 Å². The van der Waals surface area contributed by atoms with Crippen molar-refractivity contribution in [3.63, 3.8) is 0 Å². The van der Waals surface area contributed by atoms with Crippen LogP contribution in [0.25, 0.3) is 0 Å². The monoisotopic (exact) mass is 433 g/mol. The van der Waals surface area contributed by atoms with Crippen LogP contribution in [0.4, 0.5) is 4.39 Å². The Morgan fingerprint density at radius 3 is 2.57 bits per heavy atom. The lowest BCUT2D eigenvalue weighted by Gasteiger charge is -2.38. The number of nitrogens with one attached hydrogen (secondary N) is 1. The normalized spacial score (nSPS) is 21.2. The number of hydrogen-bond acceptors (Lipinski definition) is 4. The predicted octanol–water partition coefficient (Wildman–Crippen LogP) is 3.16. The molecule has 30 heavy (non-hydrogen) atoms. The van der Waals surface area contributed by atoms with Gasteiger partial charge >= 0.3 is 0 Å². The van der Waals surface area contributed by atoms with Gasteiger partial charge < -0.3 is 14.8 Å². The van der Waals surface area contributed by atoms with E-state index in [4.69, 9.17) is 0 Å². The van der Waals surface area contributed by atoms with Crippen LogP contribution in [0.15, 0.2) is 24.3 Å². The molecule has 2 aliphatic heterocycles. The van der Waals surface area contributed by atoms with Gasteiger partial charge in [-0.3, -0.25) is 4.79 Å². The van der Waals surface area contributed by atoms with Crippen LogP contribution in [0, 0.1) is 5.82 Å². The van der Waals surface area contributed by atoms with Gasteiger partial charge in [-0.15, -0.1) is 22.6 Å². The molecule has 0 atom stereocenters. The summed E-state index contributed by atoms with van der Waals surface area (Å²) in [6, 6.07) is 6.84. The SMILES string of the molecule is Cl.O=C(N1CCC(c2nnc3n2CCNC3)CC1)C1(c2ccccc2F)CCCC1. The molecule has 0 spiro atoms. The summed E-state index contributed by atoms with van der Waals surface area (Å²) in [5.74, 6) is 2.28. The fourth-order valence-electron chi connectivity index (χ4n) is 5.49. The van der Waals surface area contributed by atoms with Gasteiger partial charge in [-0.25, -0.2) is 4.39 Å². The number of amides is 1. The van der Waals surface area contributed by atoms with Gasteiger partial charge in [0, 0.05) is 37.7 Å². The van der Waals surface area contributed by atoms with E-state index in [1.165, 1.54) is 6.07 Å². The van der Waals surface area contributed by atoms with Gasteiger partial charge in [0.05, 0.1) is 12.0 Å². The van der Waals surface area contributed by atoms with Crippen LogP contribution in [-0.2, 0) is 23.3 Å². The van der Waals surface area contributed by atoms with Crippen molar-refractivity contribution in [2.45, 2.75) is 62.9 Å². The first-order valence-corrected chi connectivity index (χ1v) is 10.9. The summed E-state index contributed by atoms with van der Waals surface area (Å²) in [7, 11) is 0. The summed E-state index contributed by atoms with van der Waals surface area (Å²) >= 11 is 0. The number of carbonyl (C=O) groups excluding carboxylic acids is 1. The molecular weight excluding hydrogens is 405 g/mol. The molecule has 1 aliphatic carbocycles. The average molecular weight is 434 g/mol. The second kappa shape index (κ2) is 8.63. The molecular formula is C22H29ClFN5O. The lowest BCUT2D eigenvalue weighted by atomic mass is 9.76. The van der Waals surface area contributed by atoms with Crippen molar-refractivity contribution in [3.8, 4) is 0 Å². The molecule has 5 rings (SSSR count). The Labute approximate surface area is 182 Å². The number of benzene rings is 1. The highest BCUT2D eigenvalue weighted by Gasteiger charge is 2.47. The number of nitrogens with zero attached hydrogens (tertiary/aromatic N) is 4. The van der Waals surface area contributed by atoms with Crippen molar-refractivity contribution in [2.75, 3.05) is 19.6 Å². The van der Waals surface area contributed by atoms with E-state index >= 15 is 0 Å². The van der Waals surface area contributed by atoms with E-state index in [2.05, 4.69) is 20.1 Å². The predicted molar refractivity (Wildman–Crippen MR) is 114 cm³/mol. The number of piperidine rings is 1. The van der Waals surface area contributed by atoms with Crippen LogP contribution in [0.2, 0.25) is 0 Å². The average Bonchev–Trinajstić information content (AvgIpc) is 3.42. The number of hydrogen-bond donors (Lipinski definition) is 1. The van der Waals surface area contributed by atoms with Gasteiger partial charge in [0.25, 0.3) is 0 Å². The topological polar surface area (TPSA) is 63.1 Å². The third kappa shape index (κ3) is 3.52. The molecule has 1 saturated heterocycles. The molecule has 0 bridgehead atoms. The molecule has 6 nitrogen and oxygen atoms in total. The van der Waals surface area contributed by atoms with Gasteiger partial charge in [0.15, 0.2) is 0 Å². The minimum atomic E-state index is -0.683. The summed E-state index contributed by atoms with van der Waals surface area (Å²) in [6.45, 7) is 4.05. The van der Waals surface area contributed by atoms with Crippen molar-refractivity contribution in [1.29, 1.82) is 0 Å². The van der Waals surface area contributed by atoms with Gasteiger partial charge in [0.1, 0.15) is 17.5 Å². The molecule has 3 aliphatic rings. The van der Waals surface area contributed by atoms with E-state index in [0.717, 1.165) is 69.8 Å². The summed E-state index contributed by atoms with van der Waals surface area (Å²) in [5.41, 5.74) is -0.0959.